The van der Waals surface area contributed by atoms with Gasteiger partial charge in [0.1, 0.15) is 0 Å². The number of nitrogens with zero attached hydrogens (tertiary/aromatic N) is 1. The maximum Gasteiger partial charge on any atom is 0.0552 e. The Hall–Kier alpha value is -1.64. The smallest absolute Gasteiger partial charge is 0.0552 e. The lowest BCUT2D eigenvalue weighted by molar-refractivity contribution is 0.168. The van der Waals surface area contributed by atoms with Crippen molar-refractivity contribution in [2.75, 3.05) is 20.6 Å². The zero-order valence-electron chi connectivity index (χ0n) is 12.6. The second-order valence-corrected chi connectivity index (χ2v) is 5.62. The molecule has 20 heavy (non-hydrogen) atoms. The summed E-state index contributed by atoms with van der Waals surface area (Å²) in [6.45, 7) is 4.09. The molecule has 0 radical (unpaired) electrons. The fourth-order valence-corrected chi connectivity index (χ4v) is 2.36. The van der Waals surface area contributed by atoms with Gasteiger partial charge in [0.15, 0.2) is 0 Å². The second kappa shape index (κ2) is 6.69. The van der Waals surface area contributed by atoms with E-state index in [9.17, 15) is 0 Å². The monoisotopic (exact) mass is 268 g/mol. The van der Waals surface area contributed by atoms with Crippen LogP contribution < -0.4 is 5.32 Å². The van der Waals surface area contributed by atoms with E-state index in [1.54, 1.807) is 0 Å². The first-order chi connectivity index (χ1) is 9.63. The molecule has 2 aromatic carbocycles. The average Bonchev–Trinajstić information content (AvgIpc) is 2.49. The van der Waals surface area contributed by atoms with Crippen LogP contribution in [0.5, 0.6) is 0 Å². The summed E-state index contributed by atoms with van der Waals surface area (Å²) < 4.78 is 0. The van der Waals surface area contributed by atoms with Crippen molar-refractivity contribution in [3.05, 3.63) is 71.8 Å². The summed E-state index contributed by atoms with van der Waals surface area (Å²) in [5.41, 5.74) is 2.66. The van der Waals surface area contributed by atoms with E-state index in [-0.39, 0.29) is 5.54 Å². The molecule has 0 saturated heterocycles. The van der Waals surface area contributed by atoms with E-state index in [1.807, 2.05) is 0 Å². The van der Waals surface area contributed by atoms with Crippen molar-refractivity contribution in [1.29, 1.82) is 0 Å². The summed E-state index contributed by atoms with van der Waals surface area (Å²) in [5, 5.41) is 3.58. The molecule has 1 N–H and O–H groups in total. The molecule has 2 nitrogen and oxygen atoms in total. The molecule has 2 heteroatoms. The van der Waals surface area contributed by atoms with Gasteiger partial charge >= 0.3 is 0 Å². The molecule has 2 aromatic rings. The number of hydrogen-bond donors (Lipinski definition) is 1. The SMILES string of the molecule is CN(C)C(C)(CNCc1ccccc1)c1ccccc1. The molecule has 0 bridgehead atoms. The van der Waals surface area contributed by atoms with Gasteiger partial charge < -0.3 is 5.32 Å². The van der Waals surface area contributed by atoms with Crippen LogP contribution in [0.25, 0.3) is 0 Å². The van der Waals surface area contributed by atoms with Crippen molar-refractivity contribution in [1.82, 2.24) is 10.2 Å². The molecule has 0 aromatic heterocycles. The largest absolute Gasteiger partial charge is 0.310 e. The number of benzene rings is 2. The Kier molecular flexibility index (Phi) is 4.94. The summed E-state index contributed by atoms with van der Waals surface area (Å²) in [6.07, 6.45) is 0. The molecule has 1 unspecified atom stereocenters. The van der Waals surface area contributed by atoms with Crippen LogP contribution in [0.1, 0.15) is 18.1 Å². The fraction of sp³-hybridized carbons (Fsp3) is 0.333. The average molecular weight is 268 g/mol. The summed E-state index contributed by atoms with van der Waals surface area (Å²) in [6, 6.07) is 21.2. The van der Waals surface area contributed by atoms with E-state index in [1.165, 1.54) is 11.1 Å². The van der Waals surface area contributed by atoms with Crippen molar-refractivity contribution in [2.45, 2.75) is 19.0 Å². The van der Waals surface area contributed by atoms with Gasteiger partial charge in [0.05, 0.1) is 5.54 Å². The van der Waals surface area contributed by atoms with E-state index >= 15 is 0 Å². The Morgan fingerprint density at radius 2 is 1.45 bits per heavy atom. The van der Waals surface area contributed by atoms with Crippen molar-refractivity contribution in [3.63, 3.8) is 0 Å². The summed E-state index contributed by atoms with van der Waals surface area (Å²) in [7, 11) is 4.27. The highest BCUT2D eigenvalue weighted by molar-refractivity contribution is 5.24. The predicted octanol–water partition coefficient (Wildman–Crippen LogP) is 3.25. The first kappa shape index (κ1) is 14.8. The minimum absolute atomic E-state index is 0.00393. The van der Waals surface area contributed by atoms with Gasteiger partial charge in [-0.05, 0) is 32.1 Å². The van der Waals surface area contributed by atoms with Crippen LogP contribution >= 0.6 is 0 Å². The normalized spacial score (nSPS) is 14.2. The van der Waals surface area contributed by atoms with Gasteiger partial charge in [-0.1, -0.05) is 60.7 Å². The molecule has 0 spiro atoms. The third-order valence-corrected chi connectivity index (χ3v) is 4.02. The zero-order chi connectivity index (χ0) is 14.4. The van der Waals surface area contributed by atoms with Crippen molar-refractivity contribution >= 4 is 0 Å². The molecular formula is C18H24N2. The number of likely N-dealkylation sites (N-methyl/N-ethyl adjacent to an activating group) is 1. The second-order valence-electron chi connectivity index (χ2n) is 5.62. The van der Waals surface area contributed by atoms with Gasteiger partial charge in [0.2, 0.25) is 0 Å². The van der Waals surface area contributed by atoms with E-state index < -0.39 is 0 Å². The lowest BCUT2D eigenvalue weighted by Gasteiger charge is -2.37. The van der Waals surface area contributed by atoms with Crippen LogP contribution in [0, 0.1) is 0 Å². The Bertz CT molecular complexity index is 507. The molecule has 0 aliphatic heterocycles. The minimum Gasteiger partial charge on any atom is -0.310 e. The molecule has 0 fully saturated rings. The summed E-state index contributed by atoms with van der Waals surface area (Å²) in [4.78, 5) is 2.28. The molecular weight excluding hydrogens is 244 g/mol. The van der Waals surface area contributed by atoms with E-state index in [4.69, 9.17) is 0 Å². The van der Waals surface area contributed by atoms with E-state index in [0.29, 0.717) is 0 Å². The van der Waals surface area contributed by atoms with Gasteiger partial charge in [-0.15, -0.1) is 0 Å². The summed E-state index contributed by atoms with van der Waals surface area (Å²) in [5.74, 6) is 0. The maximum atomic E-state index is 3.58. The first-order valence-corrected chi connectivity index (χ1v) is 7.10. The van der Waals surface area contributed by atoms with Crippen LogP contribution in [0.3, 0.4) is 0 Å². The van der Waals surface area contributed by atoms with Gasteiger partial charge in [0.25, 0.3) is 0 Å². The Morgan fingerprint density at radius 1 is 0.900 bits per heavy atom. The number of hydrogen-bond acceptors (Lipinski definition) is 2. The molecule has 106 valence electrons. The van der Waals surface area contributed by atoms with Crippen molar-refractivity contribution < 1.29 is 0 Å². The number of rotatable bonds is 6. The lowest BCUT2D eigenvalue weighted by atomic mass is 9.90. The zero-order valence-corrected chi connectivity index (χ0v) is 12.6. The first-order valence-electron chi connectivity index (χ1n) is 7.10. The third-order valence-electron chi connectivity index (χ3n) is 4.02. The van der Waals surface area contributed by atoms with Crippen molar-refractivity contribution in [3.8, 4) is 0 Å². The van der Waals surface area contributed by atoms with Gasteiger partial charge in [-0.2, -0.15) is 0 Å². The quantitative estimate of drug-likeness (QED) is 0.865. The highest BCUT2D eigenvalue weighted by atomic mass is 15.2. The maximum absolute atomic E-state index is 3.58. The standard InChI is InChI=1S/C18H24N2/c1-18(20(2)3,17-12-8-5-9-13-17)15-19-14-16-10-6-4-7-11-16/h4-13,19H,14-15H2,1-3H3. The van der Waals surface area contributed by atoms with E-state index in [0.717, 1.165) is 13.1 Å². The molecule has 2 rings (SSSR count). The van der Waals surface area contributed by atoms with Crippen LogP contribution in [0.4, 0.5) is 0 Å². The van der Waals surface area contributed by atoms with Crippen LogP contribution in [-0.2, 0) is 12.1 Å². The molecule has 0 aliphatic rings. The topological polar surface area (TPSA) is 15.3 Å². The number of nitrogens with one attached hydrogen (secondary N) is 1. The van der Waals surface area contributed by atoms with Gasteiger partial charge in [0, 0.05) is 13.1 Å². The Labute approximate surface area is 122 Å². The van der Waals surface area contributed by atoms with Crippen LogP contribution in [-0.4, -0.2) is 25.5 Å². The van der Waals surface area contributed by atoms with Gasteiger partial charge in [-0.3, -0.25) is 4.90 Å². The minimum atomic E-state index is -0.00393. The Morgan fingerprint density at radius 3 is 2.00 bits per heavy atom. The highest BCUT2D eigenvalue weighted by Crippen LogP contribution is 2.25. The lowest BCUT2D eigenvalue weighted by Crippen LogP contribution is -2.46. The summed E-state index contributed by atoms with van der Waals surface area (Å²) >= 11 is 0. The fourth-order valence-electron chi connectivity index (χ4n) is 2.36. The molecule has 1 atom stereocenters. The van der Waals surface area contributed by atoms with Gasteiger partial charge in [-0.25, -0.2) is 0 Å². The molecule has 0 aliphatic carbocycles. The molecule has 0 heterocycles. The Balaban J connectivity index is 2.03. The molecule has 0 amide bonds. The van der Waals surface area contributed by atoms with Crippen molar-refractivity contribution in [2.24, 2.45) is 0 Å². The van der Waals surface area contributed by atoms with E-state index in [2.05, 4.69) is 91.9 Å². The predicted molar refractivity (Wildman–Crippen MR) is 85.6 cm³/mol. The molecule has 0 saturated carbocycles. The van der Waals surface area contributed by atoms with Crippen LogP contribution in [0.15, 0.2) is 60.7 Å². The van der Waals surface area contributed by atoms with Crippen LogP contribution in [0.2, 0.25) is 0 Å². The third kappa shape index (κ3) is 3.47. The highest BCUT2D eigenvalue weighted by Gasteiger charge is 2.28.